The number of esters is 1. The zero-order valence-electron chi connectivity index (χ0n) is 8.94. The molecule has 0 amide bonds. The number of hydrogen-bond acceptors (Lipinski definition) is 4. The molecule has 0 saturated carbocycles. The minimum atomic E-state index is -0.372. The zero-order valence-corrected chi connectivity index (χ0v) is 10.5. The Balaban J connectivity index is 2.36. The first-order chi connectivity index (χ1) is 7.65. The van der Waals surface area contributed by atoms with Crippen LogP contribution in [0.3, 0.4) is 0 Å². The number of phenolic OH excluding ortho intramolecular Hbond substituents is 1. The van der Waals surface area contributed by atoms with Gasteiger partial charge in [-0.2, -0.15) is 0 Å². The summed E-state index contributed by atoms with van der Waals surface area (Å²) >= 11 is 3.20. The van der Waals surface area contributed by atoms with Crippen molar-refractivity contribution in [2.24, 2.45) is 0 Å². The van der Waals surface area contributed by atoms with Gasteiger partial charge in [0.1, 0.15) is 10.6 Å². The highest BCUT2D eigenvalue weighted by molar-refractivity contribution is 9.10. The monoisotopic (exact) mass is 287 g/mol. The fraction of sp³-hybridized carbons (Fsp3) is 0.364. The summed E-state index contributed by atoms with van der Waals surface area (Å²) in [7, 11) is 1.35. The molecule has 0 aliphatic rings. The SMILES string of the molecule is COC(=O)C(Br)CNCc1ccccc1O. The van der Waals surface area contributed by atoms with Crippen LogP contribution in [0.15, 0.2) is 24.3 Å². The number of aromatic hydroxyl groups is 1. The van der Waals surface area contributed by atoms with Crippen LogP contribution in [0.5, 0.6) is 5.75 Å². The molecule has 0 aromatic heterocycles. The molecule has 0 fully saturated rings. The van der Waals surface area contributed by atoms with Crippen LogP contribution in [0.4, 0.5) is 0 Å². The summed E-state index contributed by atoms with van der Waals surface area (Å²) in [6.07, 6.45) is 0. The highest BCUT2D eigenvalue weighted by Crippen LogP contribution is 2.14. The third kappa shape index (κ3) is 3.83. The highest BCUT2D eigenvalue weighted by atomic mass is 79.9. The Morgan fingerprint density at radius 3 is 2.88 bits per heavy atom. The molecule has 16 heavy (non-hydrogen) atoms. The van der Waals surface area contributed by atoms with E-state index in [1.807, 2.05) is 12.1 Å². The summed E-state index contributed by atoms with van der Waals surface area (Å²) in [4.78, 5) is 10.7. The Bertz CT molecular complexity index is 357. The second kappa shape index (κ2) is 6.50. The number of alkyl halides is 1. The summed E-state index contributed by atoms with van der Waals surface area (Å²) < 4.78 is 4.56. The molecule has 1 atom stereocenters. The van der Waals surface area contributed by atoms with Crippen molar-refractivity contribution in [3.63, 3.8) is 0 Å². The fourth-order valence-corrected chi connectivity index (χ4v) is 1.62. The molecule has 0 saturated heterocycles. The predicted molar refractivity (Wildman–Crippen MR) is 64.5 cm³/mol. The third-order valence-corrected chi connectivity index (χ3v) is 2.79. The third-order valence-electron chi connectivity index (χ3n) is 2.09. The number of benzene rings is 1. The van der Waals surface area contributed by atoms with Gasteiger partial charge >= 0.3 is 5.97 Å². The van der Waals surface area contributed by atoms with Gasteiger partial charge in [-0.1, -0.05) is 34.1 Å². The molecule has 0 radical (unpaired) electrons. The van der Waals surface area contributed by atoms with Crippen molar-refractivity contribution in [3.8, 4) is 5.75 Å². The lowest BCUT2D eigenvalue weighted by molar-refractivity contribution is -0.139. The molecular formula is C11H14BrNO3. The number of methoxy groups -OCH3 is 1. The molecule has 4 nitrogen and oxygen atoms in total. The van der Waals surface area contributed by atoms with Gasteiger partial charge in [-0.05, 0) is 6.07 Å². The molecule has 1 aromatic carbocycles. The predicted octanol–water partition coefficient (Wildman–Crippen LogP) is 1.42. The van der Waals surface area contributed by atoms with E-state index in [2.05, 4.69) is 26.0 Å². The van der Waals surface area contributed by atoms with Gasteiger partial charge in [0.05, 0.1) is 7.11 Å². The van der Waals surface area contributed by atoms with Crippen LogP contribution in [0.25, 0.3) is 0 Å². The average molecular weight is 288 g/mol. The Hall–Kier alpha value is -1.07. The molecular weight excluding hydrogens is 274 g/mol. The normalized spacial score (nSPS) is 12.1. The number of phenols is 1. The molecule has 1 aromatic rings. The molecule has 0 heterocycles. The molecule has 1 unspecified atom stereocenters. The van der Waals surface area contributed by atoms with Gasteiger partial charge < -0.3 is 15.2 Å². The van der Waals surface area contributed by atoms with E-state index in [0.29, 0.717) is 13.1 Å². The van der Waals surface area contributed by atoms with Crippen LogP contribution in [0.1, 0.15) is 5.56 Å². The van der Waals surface area contributed by atoms with Crippen LogP contribution < -0.4 is 5.32 Å². The van der Waals surface area contributed by atoms with Crippen molar-refractivity contribution in [1.82, 2.24) is 5.32 Å². The second-order valence-electron chi connectivity index (χ2n) is 3.25. The number of halogens is 1. The van der Waals surface area contributed by atoms with Crippen LogP contribution >= 0.6 is 15.9 Å². The Labute approximate surface area is 103 Å². The molecule has 5 heteroatoms. The highest BCUT2D eigenvalue weighted by Gasteiger charge is 2.14. The van der Waals surface area contributed by atoms with E-state index < -0.39 is 0 Å². The smallest absolute Gasteiger partial charge is 0.320 e. The number of hydrogen-bond donors (Lipinski definition) is 2. The largest absolute Gasteiger partial charge is 0.508 e. The zero-order chi connectivity index (χ0) is 12.0. The standard InChI is InChI=1S/C11H14BrNO3/c1-16-11(15)9(12)7-13-6-8-4-2-3-5-10(8)14/h2-5,9,13-14H,6-7H2,1H3. The molecule has 0 bridgehead atoms. The molecule has 0 aliphatic carbocycles. The molecule has 0 aliphatic heterocycles. The Morgan fingerprint density at radius 2 is 2.25 bits per heavy atom. The lowest BCUT2D eigenvalue weighted by Crippen LogP contribution is -2.29. The van der Waals surface area contributed by atoms with E-state index in [9.17, 15) is 9.90 Å². The van der Waals surface area contributed by atoms with Crippen LogP contribution in [-0.2, 0) is 16.1 Å². The van der Waals surface area contributed by atoms with Crippen molar-refractivity contribution in [2.75, 3.05) is 13.7 Å². The summed E-state index contributed by atoms with van der Waals surface area (Å²) in [6, 6.07) is 7.07. The maximum absolute atomic E-state index is 11.1. The van der Waals surface area contributed by atoms with Crippen molar-refractivity contribution >= 4 is 21.9 Å². The fourth-order valence-electron chi connectivity index (χ4n) is 1.21. The molecule has 1 rings (SSSR count). The number of nitrogens with one attached hydrogen (secondary N) is 1. The van der Waals surface area contributed by atoms with Crippen molar-refractivity contribution < 1.29 is 14.6 Å². The Kier molecular flexibility index (Phi) is 5.28. The lowest BCUT2D eigenvalue weighted by Gasteiger charge is -2.09. The van der Waals surface area contributed by atoms with E-state index in [-0.39, 0.29) is 16.5 Å². The van der Waals surface area contributed by atoms with Gasteiger partial charge in [-0.15, -0.1) is 0 Å². The maximum atomic E-state index is 11.1. The van der Waals surface area contributed by atoms with Crippen molar-refractivity contribution in [1.29, 1.82) is 0 Å². The molecule has 2 N–H and O–H groups in total. The van der Waals surface area contributed by atoms with Gasteiger partial charge in [0, 0.05) is 18.7 Å². The summed E-state index contributed by atoms with van der Waals surface area (Å²) in [6.45, 7) is 0.951. The van der Waals surface area contributed by atoms with Crippen LogP contribution in [0, 0.1) is 0 Å². The number of rotatable bonds is 5. The summed E-state index contributed by atoms with van der Waals surface area (Å²) in [5, 5.41) is 12.5. The van der Waals surface area contributed by atoms with E-state index in [1.165, 1.54) is 7.11 Å². The molecule has 0 spiro atoms. The Morgan fingerprint density at radius 1 is 1.56 bits per heavy atom. The van der Waals surface area contributed by atoms with E-state index >= 15 is 0 Å². The number of carbonyl (C=O) groups excluding carboxylic acids is 1. The van der Waals surface area contributed by atoms with Crippen LogP contribution in [-0.4, -0.2) is 29.6 Å². The minimum absolute atomic E-state index is 0.249. The first-order valence-electron chi connectivity index (χ1n) is 4.84. The van der Waals surface area contributed by atoms with Crippen LogP contribution in [0.2, 0.25) is 0 Å². The van der Waals surface area contributed by atoms with E-state index in [1.54, 1.807) is 12.1 Å². The summed E-state index contributed by atoms with van der Waals surface area (Å²) in [5.41, 5.74) is 0.798. The first-order valence-corrected chi connectivity index (χ1v) is 5.76. The maximum Gasteiger partial charge on any atom is 0.320 e. The van der Waals surface area contributed by atoms with E-state index in [0.717, 1.165) is 5.56 Å². The first kappa shape index (κ1) is 13.0. The minimum Gasteiger partial charge on any atom is -0.508 e. The van der Waals surface area contributed by atoms with E-state index in [4.69, 9.17) is 0 Å². The van der Waals surface area contributed by atoms with Crippen molar-refractivity contribution in [3.05, 3.63) is 29.8 Å². The van der Waals surface area contributed by atoms with Gasteiger partial charge in [-0.25, -0.2) is 0 Å². The van der Waals surface area contributed by atoms with Crippen molar-refractivity contribution in [2.45, 2.75) is 11.4 Å². The number of ether oxygens (including phenoxy) is 1. The van der Waals surface area contributed by atoms with Gasteiger partial charge in [-0.3, -0.25) is 4.79 Å². The van der Waals surface area contributed by atoms with Gasteiger partial charge in [0.25, 0.3) is 0 Å². The second-order valence-corrected chi connectivity index (χ2v) is 4.36. The quantitative estimate of drug-likeness (QED) is 0.635. The topological polar surface area (TPSA) is 58.6 Å². The molecule has 88 valence electrons. The number of para-hydroxylation sites is 1. The lowest BCUT2D eigenvalue weighted by atomic mass is 10.2. The number of carbonyl (C=O) groups is 1. The summed E-state index contributed by atoms with van der Waals surface area (Å²) in [5.74, 6) is -0.0658. The van der Waals surface area contributed by atoms with Gasteiger partial charge in [0.15, 0.2) is 0 Å². The van der Waals surface area contributed by atoms with Gasteiger partial charge in [0.2, 0.25) is 0 Å². The average Bonchev–Trinajstić information content (AvgIpc) is 2.30.